The highest BCUT2D eigenvalue weighted by atomic mass is 15.2. The average Bonchev–Trinajstić information content (AvgIpc) is 3.00. The van der Waals surface area contributed by atoms with Crippen LogP contribution in [0, 0.1) is 6.92 Å². The second-order valence-electron chi connectivity index (χ2n) is 6.34. The van der Waals surface area contributed by atoms with Gasteiger partial charge >= 0.3 is 0 Å². The van der Waals surface area contributed by atoms with Crippen LogP contribution in [-0.4, -0.2) is 33.6 Å². The molecule has 4 rings (SSSR count). The monoisotopic (exact) mass is 270 g/mol. The van der Waals surface area contributed by atoms with E-state index in [1.165, 1.54) is 49.9 Å². The lowest BCUT2D eigenvalue weighted by Gasteiger charge is -2.35. The Morgan fingerprint density at radius 1 is 1.20 bits per heavy atom. The Hall–Kier alpha value is -1.55. The molecule has 2 aromatic rings. The number of rotatable bonds is 1. The molecule has 1 aromatic carbocycles. The SMILES string of the molecule is Cc1ccc2c(c1)nc(N)n2C1CCN2CCCC2C1. The first-order valence-electron chi connectivity index (χ1n) is 7.70. The van der Waals surface area contributed by atoms with Gasteiger partial charge in [-0.05, 0) is 56.8 Å². The van der Waals surface area contributed by atoms with Gasteiger partial charge in [0, 0.05) is 18.6 Å². The molecule has 2 fully saturated rings. The summed E-state index contributed by atoms with van der Waals surface area (Å²) in [5, 5.41) is 0. The number of nitrogens with zero attached hydrogens (tertiary/aromatic N) is 3. The third-order valence-corrected chi connectivity index (χ3v) is 5.03. The lowest BCUT2D eigenvalue weighted by Crippen LogP contribution is -2.38. The van der Waals surface area contributed by atoms with Crippen molar-refractivity contribution in [1.82, 2.24) is 14.5 Å². The summed E-state index contributed by atoms with van der Waals surface area (Å²) in [5.74, 6) is 0.682. The minimum Gasteiger partial charge on any atom is -0.369 e. The van der Waals surface area contributed by atoms with Gasteiger partial charge in [-0.3, -0.25) is 0 Å². The molecule has 1 aromatic heterocycles. The smallest absolute Gasteiger partial charge is 0.201 e. The highest BCUT2D eigenvalue weighted by Gasteiger charge is 2.33. The lowest BCUT2D eigenvalue weighted by atomic mass is 9.97. The molecule has 2 N–H and O–H groups in total. The van der Waals surface area contributed by atoms with Crippen molar-refractivity contribution in [3.63, 3.8) is 0 Å². The molecule has 0 radical (unpaired) electrons. The molecule has 2 aliphatic heterocycles. The predicted octanol–water partition coefficient (Wildman–Crippen LogP) is 2.73. The normalized spacial score (nSPS) is 27.1. The molecular formula is C16H22N4. The fourth-order valence-corrected chi connectivity index (χ4v) is 4.05. The largest absolute Gasteiger partial charge is 0.369 e. The number of nitrogens with two attached hydrogens (primary N) is 1. The van der Waals surface area contributed by atoms with Crippen LogP contribution < -0.4 is 5.73 Å². The Balaban J connectivity index is 1.72. The molecular weight excluding hydrogens is 248 g/mol. The number of benzene rings is 1. The molecule has 4 nitrogen and oxygen atoms in total. The van der Waals surface area contributed by atoms with Crippen LogP contribution in [0.4, 0.5) is 5.95 Å². The summed E-state index contributed by atoms with van der Waals surface area (Å²) in [6.07, 6.45) is 5.13. The topological polar surface area (TPSA) is 47.1 Å². The minimum atomic E-state index is 0.516. The number of imidazole rings is 1. The molecule has 4 heteroatoms. The minimum absolute atomic E-state index is 0.516. The summed E-state index contributed by atoms with van der Waals surface area (Å²) in [4.78, 5) is 7.21. The molecule has 2 saturated heterocycles. The summed E-state index contributed by atoms with van der Waals surface area (Å²) in [6, 6.07) is 7.74. The molecule has 0 bridgehead atoms. The quantitative estimate of drug-likeness (QED) is 0.866. The maximum Gasteiger partial charge on any atom is 0.201 e. The van der Waals surface area contributed by atoms with Gasteiger partial charge in [0.1, 0.15) is 0 Å². The van der Waals surface area contributed by atoms with Crippen LogP contribution in [0.1, 0.15) is 37.3 Å². The van der Waals surface area contributed by atoms with Crippen LogP contribution in [0.5, 0.6) is 0 Å². The third kappa shape index (κ3) is 1.82. The number of fused-ring (bicyclic) bond motifs is 2. The fourth-order valence-electron chi connectivity index (χ4n) is 4.05. The van der Waals surface area contributed by atoms with Crippen molar-refractivity contribution in [2.45, 2.75) is 44.7 Å². The van der Waals surface area contributed by atoms with Crippen molar-refractivity contribution in [2.75, 3.05) is 18.8 Å². The highest BCUT2D eigenvalue weighted by molar-refractivity contribution is 5.79. The van der Waals surface area contributed by atoms with Crippen LogP contribution in [0.3, 0.4) is 0 Å². The number of hydrogen-bond donors (Lipinski definition) is 1. The van der Waals surface area contributed by atoms with E-state index in [1.807, 2.05) is 0 Å². The first kappa shape index (κ1) is 12.2. The van der Waals surface area contributed by atoms with Crippen LogP contribution >= 0.6 is 0 Å². The standard InChI is InChI=1S/C16H22N4/c1-11-4-5-15-14(9-11)18-16(17)20(15)13-6-8-19-7-2-3-12(19)10-13/h4-5,9,12-13H,2-3,6-8,10H2,1H3,(H2,17,18). The van der Waals surface area contributed by atoms with Crippen LogP contribution in [-0.2, 0) is 0 Å². The van der Waals surface area contributed by atoms with E-state index in [9.17, 15) is 0 Å². The Labute approximate surface area is 119 Å². The summed E-state index contributed by atoms with van der Waals surface area (Å²) in [6.45, 7) is 4.60. The third-order valence-electron chi connectivity index (χ3n) is 5.03. The average molecular weight is 270 g/mol. The number of anilines is 1. The Morgan fingerprint density at radius 2 is 2.10 bits per heavy atom. The van der Waals surface area contributed by atoms with Crippen molar-refractivity contribution in [1.29, 1.82) is 0 Å². The summed E-state index contributed by atoms with van der Waals surface area (Å²) in [5.41, 5.74) is 9.69. The predicted molar refractivity (Wildman–Crippen MR) is 81.7 cm³/mol. The first-order valence-corrected chi connectivity index (χ1v) is 7.70. The van der Waals surface area contributed by atoms with E-state index in [0.29, 0.717) is 12.0 Å². The van der Waals surface area contributed by atoms with Gasteiger partial charge in [0.05, 0.1) is 11.0 Å². The Morgan fingerprint density at radius 3 is 3.00 bits per heavy atom. The van der Waals surface area contributed by atoms with Gasteiger partial charge in [-0.2, -0.15) is 0 Å². The van der Waals surface area contributed by atoms with E-state index >= 15 is 0 Å². The van der Waals surface area contributed by atoms with Crippen LogP contribution in [0.15, 0.2) is 18.2 Å². The Kier molecular flexibility index (Phi) is 2.74. The van der Waals surface area contributed by atoms with Crippen molar-refractivity contribution in [3.05, 3.63) is 23.8 Å². The molecule has 0 amide bonds. The molecule has 0 aliphatic carbocycles. The molecule has 20 heavy (non-hydrogen) atoms. The molecule has 0 saturated carbocycles. The van der Waals surface area contributed by atoms with Gasteiger partial charge < -0.3 is 15.2 Å². The van der Waals surface area contributed by atoms with Crippen molar-refractivity contribution in [2.24, 2.45) is 0 Å². The zero-order valence-electron chi connectivity index (χ0n) is 12.0. The Bertz CT molecular complexity index is 645. The first-order chi connectivity index (χ1) is 9.72. The van der Waals surface area contributed by atoms with E-state index in [0.717, 1.165) is 11.6 Å². The zero-order valence-corrected chi connectivity index (χ0v) is 12.0. The lowest BCUT2D eigenvalue weighted by molar-refractivity contribution is 0.158. The molecule has 2 aliphatic rings. The summed E-state index contributed by atoms with van der Waals surface area (Å²) < 4.78 is 2.28. The van der Waals surface area contributed by atoms with Crippen molar-refractivity contribution in [3.8, 4) is 0 Å². The zero-order chi connectivity index (χ0) is 13.7. The van der Waals surface area contributed by atoms with Crippen LogP contribution in [0.25, 0.3) is 11.0 Å². The second kappa shape index (κ2) is 4.48. The van der Waals surface area contributed by atoms with Gasteiger partial charge in [-0.1, -0.05) is 6.07 Å². The number of hydrogen-bond acceptors (Lipinski definition) is 3. The maximum absolute atomic E-state index is 6.21. The number of piperidine rings is 1. The number of aromatic nitrogens is 2. The van der Waals surface area contributed by atoms with Gasteiger partial charge in [-0.25, -0.2) is 4.98 Å². The molecule has 0 spiro atoms. The molecule has 2 unspecified atom stereocenters. The molecule has 2 atom stereocenters. The molecule has 106 valence electrons. The number of aryl methyl sites for hydroxylation is 1. The van der Waals surface area contributed by atoms with E-state index in [4.69, 9.17) is 5.73 Å². The number of nitrogen functional groups attached to an aromatic ring is 1. The van der Waals surface area contributed by atoms with Gasteiger partial charge in [-0.15, -0.1) is 0 Å². The van der Waals surface area contributed by atoms with Gasteiger partial charge in [0.15, 0.2) is 0 Å². The maximum atomic E-state index is 6.21. The van der Waals surface area contributed by atoms with E-state index < -0.39 is 0 Å². The van der Waals surface area contributed by atoms with Crippen LogP contribution in [0.2, 0.25) is 0 Å². The highest BCUT2D eigenvalue weighted by Crippen LogP contribution is 2.36. The van der Waals surface area contributed by atoms with Gasteiger partial charge in [0.25, 0.3) is 0 Å². The van der Waals surface area contributed by atoms with Crippen molar-refractivity contribution >= 4 is 17.0 Å². The van der Waals surface area contributed by atoms with E-state index in [1.54, 1.807) is 0 Å². The molecule has 3 heterocycles. The van der Waals surface area contributed by atoms with E-state index in [2.05, 4.69) is 39.6 Å². The summed E-state index contributed by atoms with van der Waals surface area (Å²) in [7, 11) is 0. The van der Waals surface area contributed by atoms with Crippen molar-refractivity contribution < 1.29 is 0 Å². The second-order valence-corrected chi connectivity index (χ2v) is 6.34. The van der Waals surface area contributed by atoms with E-state index in [-0.39, 0.29) is 0 Å². The van der Waals surface area contributed by atoms with Gasteiger partial charge in [0.2, 0.25) is 5.95 Å². The summed E-state index contributed by atoms with van der Waals surface area (Å²) >= 11 is 0. The fraction of sp³-hybridized carbons (Fsp3) is 0.562.